The molecule has 0 aromatic carbocycles. The van der Waals surface area contributed by atoms with Gasteiger partial charge in [-0.3, -0.25) is 0 Å². The van der Waals surface area contributed by atoms with Gasteiger partial charge < -0.3 is 10.2 Å². The van der Waals surface area contributed by atoms with E-state index in [1.807, 2.05) is 13.0 Å². The van der Waals surface area contributed by atoms with Gasteiger partial charge in [0.25, 0.3) is 0 Å². The van der Waals surface area contributed by atoms with Gasteiger partial charge in [-0.1, -0.05) is 0 Å². The second-order valence-electron chi connectivity index (χ2n) is 2.72. The van der Waals surface area contributed by atoms with Crippen molar-refractivity contribution in [1.29, 1.82) is 0 Å². The SMILES string of the molecule is Cc1cnnc(SCC(O)CO)c1. The van der Waals surface area contributed by atoms with E-state index in [-0.39, 0.29) is 6.61 Å². The van der Waals surface area contributed by atoms with Crippen LogP contribution in [-0.2, 0) is 0 Å². The van der Waals surface area contributed by atoms with Gasteiger partial charge in [0.15, 0.2) is 0 Å². The molecule has 0 spiro atoms. The highest BCUT2D eigenvalue weighted by Gasteiger charge is 2.03. The van der Waals surface area contributed by atoms with Crippen LogP contribution in [0.2, 0.25) is 0 Å². The third-order valence-electron chi connectivity index (χ3n) is 1.40. The molecule has 0 aliphatic heterocycles. The first-order valence-electron chi connectivity index (χ1n) is 3.93. The topological polar surface area (TPSA) is 66.2 Å². The molecule has 1 aromatic rings. The molecule has 1 aromatic heterocycles. The molecule has 1 unspecified atom stereocenters. The van der Waals surface area contributed by atoms with E-state index in [4.69, 9.17) is 10.2 Å². The van der Waals surface area contributed by atoms with Gasteiger partial charge in [-0.15, -0.1) is 16.9 Å². The van der Waals surface area contributed by atoms with Gasteiger partial charge in [-0.05, 0) is 18.6 Å². The van der Waals surface area contributed by atoms with Crippen molar-refractivity contribution in [2.24, 2.45) is 0 Å². The van der Waals surface area contributed by atoms with Crippen molar-refractivity contribution < 1.29 is 10.2 Å². The summed E-state index contributed by atoms with van der Waals surface area (Å²) in [4.78, 5) is 0. The summed E-state index contributed by atoms with van der Waals surface area (Å²) in [6.45, 7) is 1.72. The van der Waals surface area contributed by atoms with E-state index >= 15 is 0 Å². The Kier molecular flexibility index (Phi) is 4.14. The van der Waals surface area contributed by atoms with E-state index in [1.165, 1.54) is 11.8 Å². The number of aryl methyl sites for hydroxylation is 1. The Balaban J connectivity index is 2.45. The van der Waals surface area contributed by atoms with Gasteiger partial charge >= 0.3 is 0 Å². The first-order valence-corrected chi connectivity index (χ1v) is 4.92. The molecule has 0 amide bonds. The average molecular weight is 200 g/mol. The lowest BCUT2D eigenvalue weighted by atomic mass is 10.4. The maximum absolute atomic E-state index is 9.07. The fourth-order valence-corrected chi connectivity index (χ4v) is 1.59. The van der Waals surface area contributed by atoms with Crippen molar-refractivity contribution in [3.63, 3.8) is 0 Å². The van der Waals surface area contributed by atoms with Crippen LogP contribution in [0.5, 0.6) is 0 Å². The Labute approximate surface area is 81.0 Å². The number of aliphatic hydroxyl groups excluding tert-OH is 2. The van der Waals surface area contributed by atoms with Gasteiger partial charge in [0, 0.05) is 5.75 Å². The number of nitrogens with zero attached hydrogens (tertiary/aromatic N) is 2. The molecule has 0 saturated heterocycles. The highest BCUT2D eigenvalue weighted by Crippen LogP contribution is 2.15. The Hall–Kier alpha value is -0.650. The highest BCUT2D eigenvalue weighted by atomic mass is 32.2. The summed E-state index contributed by atoms with van der Waals surface area (Å²) in [5.41, 5.74) is 1.04. The monoisotopic (exact) mass is 200 g/mol. The number of hydrogen-bond donors (Lipinski definition) is 2. The first-order chi connectivity index (χ1) is 6.22. The summed E-state index contributed by atoms with van der Waals surface area (Å²) in [5.74, 6) is 0.439. The molecule has 0 fully saturated rings. The Morgan fingerprint density at radius 1 is 1.62 bits per heavy atom. The van der Waals surface area contributed by atoms with Crippen LogP contribution in [0, 0.1) is 6.92 Å². The quantitative estimate of drug-likeness (QED) is 0.681. The molecule has 5 heteroatoms. The summed E-state index contributed by atoms with van der Waals surface area (Å²) >= 11 is 1.38. The third kappa shape index (κ3) is 3.71. The Morgan fingerprint density at radius 3 is 3.00 bits per heavy atom. The van der Waals surface area contributed by atoms with Crippen molar-refractivity contribution in [3.05, 3.63) is 17.8 Å². The third-order valence-corrected chi connectivity index (χ3v) is 2.45. The summed E-state index contributed by atoms with van der Waals surface area (Å²) in [6, 6.07) is 1.89. The van der Waals surface area contributed by atoms with E-state index in [2.05, 4.69) is 10.2 Å². The van der Waals surface area contributed by atoms with Crippen LogP contribution in [0.1, 0.15) is 5.56 Å². The van der Waals surface area contributed by atoms with Crippen LogP contribution < -0.4 is 0 Å². The minimum absolute atomic E-state index is 0.216. The average Bonchev–Trinajstić information content (AvgIpc) is 2.14. The molecule has 0 bridgehead atoms. The molecular weight excluding hydrogens is 188 g/mol. The minimum Gasteiger partial charge on any atom is -0.394 e. The van der Waals surface area contributed by atoms with E-state index in [0.717, 1.165) is 10.6 Å². The van der Waals surface area contributed by atoms with Crippen molar-refractivity contribution in [1.82, 2.24) is 10.2 Å². The molecule has 2 N–H and O–H groups in total. The molecular formula is C8H12N2O2S. The predicted octanol–water partition coefficient (Wildman–Crippen LogP) is 0.230. The van der Waals surface area contributed by atoms with Gasteiger partial charge in [0.05, 0.1) is 18.9 Å². The lowest BCUT2D eigenvalue weighted by molar-refractivity contribution is 0.113. The second-order valence-corrected chi connectivity index (χ2v) is 3.76. The molecule has 1 rings (SSSR count). The molecule has 0 radical (unpaired) electrons. The van der Waals surface area contributed by atoms with Crippen LogP contribution in [0.15, 0.2) is 17.3 Å². The zero-order valence-electron chi connectivity index (χ0n) is 7.34. The number of aliphatic hydroxyl groups is 2. The lowest BCUT2D eigenvalue weighted by Crippen LogP contribution is -2.14. The Bertz CT molecular complexity index is 270. The zero-order valence-corrected chi connectivity index (χ0v) is 8.16. The molecule has 0 saturated carbocycles. The van der Waals surface area contributed by atoms with E-state index in [0.29, 0.717) is 5.75 Å². The summed E-state index contributed by atoms with van der Waals surface area (Å²) < 4.78 is 0. The van der Waals surface area contributed by atoms with Crippen LogP contribution in [0.3, 0.4) is 0 Å². The van der Waals surface area contributed by atoms with Crippen LogP contribution in [-0.4, -0.2) is 38.9 Å². The van der Waals surface area contributed by atoms with Crippen molar-refractivity contribution in [2.45, 2.75) is 18.1 Å². The first kappa shape index (κ1) is 10.4. The van der Waals surface area contributed by atoms with Crippen molar-refractivity contribution in [2.75, 3.05) is 12.4 Å². The normalized spacial score (nSPS) is 12.8. The maximum atomic E-state index is 9.07. The van der Waals surface area contributed by atoms with E-state index < -0.39 is 6.10 Å². The predicted molar refractivity (Wildman–Crippen MR) is 50.6 cm³/mol. The fourth-order valence-electron chi connectivity index (χ4n) is 0.743. The number of thioether (sulfide) groups is 1. The number of hydrogen-bond acceptors (Lipinski definition) is 5. The van der Waals surface area contributed by atoms with E-state index in [9.17, 15) is 0 Å². The van der Waals surface area contributed by atoms with Gasteiger partial charge in [-0.25, -0.2) is 0 Å². The van der Waals surface area contributed by atoms with Gasteiger partial charge in [-0.2, -0.15) is 5.10 Å². The highest BCUT2D eigenvalue weighted by molar-refractivity contribution is 7.99. The Morgan fingerprint density at radius 2 is 2.38 bits per heavy atom. The standard InChI is InChI=1S/C8H12N2O2S/c1-6-2-8(10-9-3-6)13-5-7(12)4-11/h2-3,7,11-12H,4-5H2,1H3. The summed E-state index contributed by atoms with van der Waals surface area (Å²) in [7, 11) is 0. The van der Waals surface area contributed by atoms with Crippen LogP contribution in [0.25, 0.3) is 0 Å². The molecule has 1 atom stereocenters. The fraction of sp³-hybridized carbons (Fsp3) is 0.500. The number of rotatable bonds is 4. The smallest absolute Gasteiger partial charge is 0.119 e. The minimum atomic E-state index is -0.688. The maximum Gasteiger partial charge on any atom is 0.119 e. The van der Waals surface area contributed by atoms with Gasteiger partial charge in [0.1, 0.15) is 5.03 Å². The molecule has 0 aliphatic carbocycles. The largest absolute Gasteiger partial charge is 0.394 e. The summed E-state index contributed by atoms with van der Waals surface area (Å²) in [5, 5.41) is 26.0. The molecule has 72 valence electrons. The van der Waals surface area contributed by atoms with E-state index in [1.54, 1.807) is 6.20 Å². The molecule has 1 heterocycles. The van der Waals surface area contributed by atoms with Crippen LogP contribution >= 0.6 is 11.8 Å². The summed E-state index contributed by atoms with van der Waals surface area (Å²) in [6.07, 6.45) is 0.985. The number of aromatic nitrogens is 2. The van der Waals surface area contributed by atoms with Gasteiger partial charge in [0.2, 0.25) is 0 Å². The van der Waals surface area contributed by atoms with Crippen molar-refractivity contribution in [3.8, 4) is 0 Å². The molecule has 13 heavy (non-hydrogen) atoms. The second kappa shape index (κ2) is 5.16. The molecule has 0 aliphatic rings. The van der Waals surface area contributed by atoms with Crippen molar-refractivity contribution >= 4 is 11.8 Å². The zero-order chi connectivity index (χ0) is 9.68. The van der Waals surface area contributed by atoms with Crippen LogP contribution in [0.4, 0.5) is 0 Å². The lowest BCUT2D eigenvalue weighted by Gasteiger charge is -2.05. The molecule has 4 nitrogen and oxygen atoms in total.